The summed E-state index contributed by atoms with van der Waals surface area (Å²) < 4.78 is 22.5. The number of aliphatic hydroxyl groups is 1. The summed E-state index contributed by atoms with van der Waals surface area (Å²) in [4.78, 5) is 44.9. The predicted octanol–water partition coefficient (Wildman–Crippen LogP) is 2.46. The van der Waals surface area contributed by atoms with Gasteiger partial charge in [-0.3, -0.25) is 14.5 Å². The van der Waals surface area contributed by atoms with Crippen molar-refractivity contribution in [2.24, 2.45) is 5.92 Å². The number of amides is 4. The maximum Gasteiger partial charge on any atom is 0.321 e. The number of morpholine rings is 1. The smallest absolute Gasteiger partial charge is 0.321 e. The average Bonchev–Trinajstić information content (AvgIpc) is 3.50. The first kappa shape index (κ1) is 31.4. The van der Waals surface area contributed by atoms with Gasteiger partial charge >= 0.3 is 6.03 Å². The number of fused-ring (bicyclic) bond motifs is 2. The lowest BCUT2D eigenvalue weighted by atomic mass is 9.99. The largest absolute Gasteiger partial charge is 0.487 e. The molecule has 3 aliphatic heterocycles. The number of carbonyl (C=O) groups excluding carboxylic acids is 3. The van der Waals surface area contributed by atoms with Crippen LogP contribution in [0.4, 0.5) is 16.2 Å². The number of anilines is 2. The van der Waals surface area contributed by atoms with Crippen molar-refractivity contribution in [3.05, 3.63) is 42.0 Å². The van der Waals surface area contributed by atoms with E-state index in [2.05, 4.69) is 15.5 Å². The summed E-state index contributed by atoms with van der Waals surface area (Å²) in [6.07, 6.45) is -0.160. The molecule has 3 atom stereocenters. The van der Waals surface area contributed by atoms with Gasteiger partial charge in [-0.2, -0.15) is 0 Å². The quantitative estimate of drug-likeness (QED) is 0.390. The Morgan fingerprint density at radius 3 is 2.50 bits per heavy atom. The third-order valence-electron chi connectivity index (χ3n) is 8.13. The standard InChI is InChI=1S/C31H41N5O8/c1-20-16-36(21(2)18-37)30(39)24-14-22(32-29(38)8-9-35-10-12-41-13-11-35)4-6-25(24)44-28(20)17-34(3)31(40)33-23-5-7-26-27(15-23)43-19-42-26/h4-7,14-15,20-21,28,37H,8-13,16-19H2,1-3H3,(H,32,38)(H,33,40)/t20-,21+,28-/m0/s1. The highest BCUT2D eigenvalue weighted by atomic mass is 16.7. The fraction of sp³-hybridized carbons (Fsp3) is 0.516. The van der Waals surface area contributed by atoms with Gasteiger partial charge in [0.05, 0.1) is 38.0 Å². The molecule has 5 rings (SSSR count). The molecule has 2 aromatic rings. The third kappa shape index (κ3) is 7.52. The molecule has 0 saturated carbocycles. The number of hydrogen-bond donors (Lipinski definition) is 3. The van der Waals surface area contributed by atoms with Gasteiger partial charge in [0.15, 0.2) is 11.5 Å². The number of rotatable bonds is 9. The lowest BCUT2D eigenvalue weighted by molar-refractivity contribution is -0.116. The topological polar surface area (TPSA) is 142 Å². The molecule has 0 spiro atoms. The van der Waals surface area contributed by atoms with Crippen molar-refractivity contribution in [2.75, 3.05) is 77.0 Å². The van der Waals surface area contributed by atoms with Gasteiger partial charge in [-0.15, -0.1) is 0 Å². The van der Waals surface area contributed by atoms with Crippen molar-refractivity contribution in [1.82, 2.24) is 14.7 Å². The second kappa shape index (κ2) is 14.1. The minimum atomic E-state index is -0.475. The lowest BCUT2D eigenvalue weighted by Gasteiger charge is -2.38. The second-order valence-electron chi connectivity index (χ2n) is 11.5. The van der Waals surface area contributed by atoms with E-state index < -0.39 is 12.1 Å². The summed E-state index contributed by atoms with van der Waals surface area (Å²) in [6, 6.07) is 9.39. The molecule has 1 fully saturated rings. The van der Waals surface area contributed by atoms with Crippen molar-refractivity contribution in [1.29, 1.82) is 0 Å². The third-order valence-corrected chi connectivity index (χ3v) is 8.13. The van der Waals surface area contributed by atoms with Crippen LogP contribution in [-0.2, 0) is 9.53 Å². The predicted molar refractivity (Wildman–Crippen MR) is 162 cm³/mol. The molecule has 44 heavy (non-hydrogen) atoms. The fourth-order valence-corrected chi connectivity index (χ4v) is 5.37. The maximum atomic E-state index is 13.7. The van der Waals surface area contributed by atoms with Gasteiger partial charge in [0.25, 0.3) is 5.91 Å². The number of aliphatic hydroxyl groups excluding tert-OH is 1. The SMILES string of the molecule is C[C@H](CO)N1C[C@H](C)[C@H](CN(C)C(=O)Nc2ccc3c(c2)OCO3)Oc2ccc(NC(=O)CCN3CCOCC3)cc2C1=O. The number of nitrogens with zero attached hydrogens (tertiary/aromatic N) is 3. The molecule has 3 heterocycles. The van der Waals surface area contributed by atoms with Crippen molar-refractivity contribution in [3.63, 3.8) is 0 Å². The molecule has 13 nitrogen and oxygen atoms in total. The van der Waals surface area contributed by atoms with Gasteiger partial charge in [-0.1, -0.05) is 6.92 Å². The molecule has 0 unspecified atom stereocenters. The van der Waals surface area contributed by atoms with E-state index in [0.717, 1.165) is 13.1 Å². The molecular formula is C31H41N5O8. The molecule has 0 bridgehead atoms. The number of carbonyl (C=O) groups is 3. The Labute approximate surface area is 257 Å². The lowest BCUT2D eigenvalue weighted by Crippen LogP contribution is -2.50. The van der Waals surface area contributed by atoms with Gasteiger partial charge in [0.1, 0.15) is 11.9 Å². The van der Waals surface area contributed by atoms with Gasteiger partial charge in [-0.05, 0) is 37.3 Å². The zero-order valence-electron chi connectivity index (χ0n) is 25.4. The highest BCUT2D eigenvalue weighted by Crippen LogP contribution is 2.34. The van der Waals surface area contributed by atoms with E-state index in [1.807, 2.05) is 6.92 Å². The molecule has 1 saturated heterocycles. The molecule has 0 radical (unpaired) electrons. The van der Waals surface area contributed by atoms with Crippen LogP contribution in [0.25, 0.3) is 0 Å². The van der Waals surface area contributed by atoms with Crippen LogP contribution < -0.4 is 24.8 Å². The first-order chi connectivity index (χ1) is 21.2. The monoisotopic (exact) mass is 611 g/mol. The Hall–Kier alpha value is -4.07. The van der Waals surface area contributed by atoms with Crippen molar-refractivity contribution < 1.29 is 38.4 Å². The zero-order valence-corrected chi connectivity index (χ0v) is 25.4. The highest BCUT2D eigenvalue weighted by Gasteiger charge is 2.34. The second-order valence-corrected chi connectivity index (χ2v) is 11.5. The average molecular weight is 612 g/mol. The molecule has 13 heteroatoms. The molecule has 238 valence electrons. The van der Waals surface area contributed by atoms with E-state index in [9.17, 15) is 19.5 Å². The number of benzene rings is 2. The molecule has 3 aliphatic rings. The van der Waals surface area contributed by atoms with E-state index >= 15 is 0 Å². The molecule has 3 N–H and O–H groups in total. The van der Waals surface area contributed by atoms with Crippen molar-refractivity contribution >= 4 is 29.2 Å². The van der Waals surface area contributed by atoms with E-state index in [0.29, 0.717) is 61.3 Å². The molecule has 0 aromatic heterocycles. The van der Waals surface area contributed by atoms with Crippen LogP contribution in [-0.4, -0.2) is 116 Å². The number of likely N-dealkylation sites (N-methyl/N-ethyl adjacent to an activating group) is 1. The van der Waals surface area contributed by atoms with Gasteiger partial charge in [-0.25, -0.2) is 4.79 Å². The number of ether oxygens (including phenoxy) is 4. The highest BCUT2D eigenvalue weighted by molar-refractivity contribution is 6.00. The fourth-order valence-electron chi connectivity index (χ4n) is 5.37. The van der Waals surface area contributed by atoms with Crippen LogP contribution in [0.15, 0.2) is 36.4 Å². The maximum absolute atomic E-state index is 13.7. The van der Waals surface area contributed by atoms with E-state index in [1.54, 1.807) is 55.3 Å². The number of hydrogen-bond acceptors (Lipinski definition) is 9. The number of nitrogens with one attached hydrogen (secondary N) is 2. The van der Waals surface area contributed by atoms with Crippen LogP contribution in [0.5, 0.6) is 17.2 Å². The van der Waals surface area contributed by atoms with E-state index in [-0.39, 0.29) is 49.3 Å². The van der Waals surface area contributed by atoms with Crippen LogP contribution >= 0.6 is 0 Å². The minimum Gasteiger partial charge on any atom is -0.487 e. The molecule has 4 amide bonds. The Morgan fingerprint density at radius 2 is 1.75 bits per heavy atom. The van der Waals surface area contributed by atoms with Gasteiger partial charge in [0.2, 0.25) is 12.7 Å². The first-order valence-corrected chi connectivity index (χ1v) is 15.0. The Bertz CT molecular complexity index is 1350. The van der Waals surface area contributed by atoms with Gasteiger partial charge < -0.3 is 44.5 Å². The van der Waals surface area contributed by atoms with Crippen LogP contribution in [0.3, 0.4) is 0 Å². The molecular weight excluding hydrogens is 570 g/mol. The summed E-state index contributed by atoms with van der Waals surface area (Å²) in [5.41, 5.74) is 1.33. The van der Waals surface area contributed by atoms with Gasteiger partial charge in [0, 0.05) is 63.0 Å². The summed E-state index contributed by atoms with van der Waals surface area (Å²) >= 11 is 0. The Kier molecular flexibility index (Phi) is 10.1. The summed E-state index contributed by atoms with van der Waals surface area (Å²) in [7, 11) is 1.67. The van der Waals surface area contributed by atoms with Crippen LogP contribution in [0, 0.1) is 5.92 Å². The summed E-state index contributed by atoms with van der Waals surface area (Å²) in [5, 5.41) is 15.7. The van der Waals surface area contributed by atoms with Crippen molar-refractivity contribution in [2.45, 2.75) is 32.4 Å². The van der Waals surface area contributed by atoms with Crippen LogP contribution in [0.2, 0.25) is 0 Å². The van der Waals surface area contributed by atoms with Crippen LogP contribution in [0.1, 0.15) is 30.6 Å². The first-order valence-electron chi connectivity index (χ1n) is 15.0. The molecule has 0 aliphatic carbocycles. The minimum absolute atomic E-state index is 0.141. The Morgan fingerprint density at radius 1 is 1.05 bits per heavy atom. The Balaban J connectivity index is 1.29. The zero-order chi connectivity index (χ0) is 31.2. The number of urea groups is 1. The summed E-state index contributed by atoms with van der Waals surface area (Å²) in [6.45, 7) is 7.74. The van der Waals surface area contributed by atoms with E-state index in [1.165, 1.54) is 4.90 Å². The van der Waals surface area contributed by atoms with Crippen molar-refractivity contribution in [3.8, 4) is 17.2 Å². The van der Waals surface area contributed by atoms with E-state index in [4.69, 9.17) is 18.9 Å². The summed E-state index contributed by atoms with van der Waals surface area (Å²) in [5.74, 6) is 0.898. The normalized spacial score (nSPS) is 20.5. The molecule has 2 aromatic carbocycles.